The second kappa shape index (κ2) is 10.6. The number of nitrogens with one attached hydrogen (secondary N) is 1. The van der Waals surface area contributed by atoms with Crippen molar-refractivity contribution >= 4 is 29.8 Å². The Morgan fingerprint density at radius 2 is 1.14 bits per heavy atom. The first-order chi connectivity index (χ1) is 13.0. The Kier molecular flexibility index (Phi) is 8.79. The molecule has 0 radical (unpaired) electrons. The Morgan fingerprint density at radius 1 is 0.750 bits per heavy atom. The number of hydrogen-bond acceptors (Lipinski definition) is 7. The van der Waals surface area contributed by atoms with Crippen LogP contribution in [-0.4, -0.2) is 104 Å². The van der Waals surface area contributed by atoms with E-state index in [1.165, 1.54) is 16.7 Å². The topological polar surface area (TPSA) is 185 Å². The summed E-state index contributed by atoms with van der Waals surface area (Å²) in [5.74, 6) is -5.37. The number of nitrogens with zero attached hydrogens (tertiary/aromatic N) is 2. The molecule has 1 saturated carbocycles. The highest BCUT2D eigenvalue weighted by Crippen LogP contribution is 2.28. The summed E-state index contributed by atoms with van der Waals surface area (Å²) in [7, 11) is 0. The Bertz CT molecular complexity index is 592. The van der Waals surface area contributed by atoms with Crippen LogP contribution in [0.25, 0.3) is 0 Å². The van der Waals surface area contributed by atoms with Crippen molar-refractivity contribution in [1.29, 1.82) is 0 Å². The molecule has 0 aromatic rings. The molecular formula is C16H25N3O9. The molecule has 0 saturated heterocycles. The molecule has 0 aromatic heterocycles. The second-order valence-corrected chi connectivity index (χ2v) is 6.73. The van der Waals surface area contributed by atoms with E-state index < -0.39 is 62.1 Å². The van der Waals surface area contributed by atoms with Gasteiger partial charge in [-0.3, -0.25) is 33.8 Å². The summed E-state index contributed by atoms with van der Waals surface area (Å²) in [6, 6.07) is -1.83. The lowest BCUT2D eigenvalue weighted by Gasteiger charge is -2.45. The van der Waals surface area contributed by atoms with E-state index in [0.29, 0.717) is 6.42 Å². The third-order valence-corrected chi connectivity index (χ3v) is 4.48. The van der Waals surface area contributed by atoms with Crippen LogP contribution in [0.1, 0.15) is 26.2 Å². The predicted molar refractivity (Wildman–Crippen MR) is 92.7 cm³/mol. The van der Waals surface area contributed by atoms with Crippen molar-refractivity contribution in [2.45, 2.75) is 44.3 Å². The van der Waals surface area contributed by atoms with E-state index in [-0.39, 0.29) is 24.8 Å². The molecule has 0 heterocycles. The highest BCUT2D eigenvalue weighted by Gasteiger charge is 2.40. The number of aliphatic carboxylic acids is 4. The average Bonchev–Trinajstić information content (AvgIpc) is 2.51. The van der Waals surface area contributed by atoms with E-state index in [1.807, 2.05) is 0 Å². The van der Waals surface area contributed by atoms with Gasteiger partial charge in [-0.05, 0) is 19.3 Å². The van der Waals surface area contributed by atoms with Crippen molar-refractivity contribution in [2.24, 2.45) is 0 Å². The molecule has 0 aliphatic heterocycles. The van der Waals surface area contributed by atoms with E-state index in [2.05, 4.69) is 5.32 Å². The lowest BCUT2D eigenvalue weighted by Crippen LogP contribution is -2.60. The van der Waals surface area contributed by atoms with Crippen molar-refractivity contribution in [3.63, 3.8) is 0 Å². The van der Waals surface area contributed by atoms with Gasteiger partial charge < -0.3 is 25.7 Å². The molecule has 0 spiro atoms. The first kappa shape index (κ1) is 23.3. The fourth-order valence-electron chi connectivity index (χ4n) is 3.64. The van der Waals surface area contributed by atoms with Crippen molar-refractivity contribution < 1.29 is 44.4 Å². The summed E-state index contributed by atoms with van der Waals surface area (Å²) in [5, 5.41) is 39.2. The minimum absolute atomic E-state index is 0.167. The molecule has 1 amide bonds. The highest BCUT2D eigenvalue weighted by molar-refractivity contribution is 5.74. The zero-order chi connectivity index (χ0) is 21.4. The first-order valence-electron chi connectivity index (χ1n) is 8.62. The molecule has 3 atom stereocenters. The SMILES string of the molecule is CC(=O)N[C@@H]1CC[C@H](N(CC(=O)O)CC(=O)O)[C@@H](N(CC(=O)O)CC(=O)O)C1. The molecule has 0 aromatic carbocycles. The number of carbonyl (C=O) groups is 5. The summed E-state index contributed by atoms with van der Waals surface area (Å²) in [5.41, 5.74) is 0. The number of carboxylic acid groups (broad SMARTS) is 4. The maximum Gasteiger partial charge on any atom is 0.317 e. The smallest absolute Gasteiger partial charge is 0.317 e. The fourth-order valence-corrected chi connectivity index (χ4v) is 3.64. The summed E-state index contributed by atoms with van der Waals surface area (Å²) < 4.78 is 0. The molecule has 12 nitrogen and oxygen atoms in total. The zero-order valence-electron chi connectivity index (χ0n) is 15.4. The van der Waals surface area contributed by atoms with Gasteiger partial charge in [0.25, 0.3) is 0 Å². The number of rotatable bonds is 11. The summed E-state index contributed by atoms with van der Waals surface area (Å²) >= 11 is 0. The minimum atomic E-state index is -1.27. The molecule has 0 unspecified atom stereocenters. The molecule has 1 aliphatic carbocycles. The largest absolute Gasteiger partial charge is 0.480 e. The van der Waals surface area contributed by atoms with Crippen LogP contribution in [0.15, 0.2) is 0 Å². The molecule has 1 fully saturated rings. The van der Waals surface area contributed by atoms with Crippen LogP contribution < -0.4 is 5.32 Å². The zero-order valence-corrected chi connectivity index (χ0v) is 15.4. The number of hydrogen-bond donors (Lipinski definition) is 5. The van der Waals surface area contributed by atoms with Crippen LogP contribution in [0.5, 0.6) is 0 Å². The molecule has 0 bridgehead atoms. The Labute approximate surface area is 160 Å². The van der Waals surface area contributed by atoms with E-state index in [0.717, 1.165) is 0 Å². The Balaban J connectivity index is 3.21. The molecule has 12 heteroatoms. The maximum absolute atomic E-state index is 11.4. The molecule has 1 aliphatic rings. The van der Waals surface area contributed by atoms with Crippen molar-refractivity contribution in [3.05, 3.63) is 0 Å². The lowest BCUT2D eigenvalue weighted by molar-refractivity contribution is -0.149. The fraction of sp³-hybridized carbons (Fsp3) is 0.688. The monoisotopic (exact) mass is 403 g/mol. The number of carboxylic acids is 4. The van der Waals surface area contributed by atoms with Crippen molar-refractivity contribution in [2.75, 3.05) is 26.2 Å². The molecule has 28 heavy (non-hydrogen) atoms. The normalized spacial score (nSPS) is 22.0. The quantitative estimate of drug-likeness (QED) is 0.266. The van der Waals surface area contributed by atoms with E-state index >= 15 is 0 Å². The third-order valence-electron chi connectivity index (χ3n) is 4.48. The van der Waals surface area contributed by atoms with Gasteiger partial charge in [0, 0.05) is 25.0 Å². The van der Waals surface area contributed by atoms with Gasteiger partial charge in [-0.1, -0.05) is 0 Å². The molecule has 158 valence electrons. The van der Waals surface area contributed by atoms with E-state index in [4.69, 9.17) is 20.4 Å². The van der Waals surface area contributed by atoms with Gasteiger partial charge in [0.2, 0.25) is 5.91 Å². The van der Waals surface area contributed by atoms with E-state index in [1.54, 1.807) is 0 Å². The maximum atomic E-state index is 11.4. The first-order valence-corrected chi connectivity index (χ1v) is 8.62. The van der Waals surface area contributed by atoms with Crippen LogP contribution in [0.3, 0.4) is 0 Å². The number of amides is 1. The molecule has 5 N–H and O–H groups in total. The van der Waals surface area contributed by atoms with Crippen LogP contribution in [-0.2, 0) is 24.0 Å². The van der Waals surface area contributed by atoms with E-state index in [9.17, 15) is 24.0 Å². The Morgan fingerprint density at radius 3 is 1.50 bits per heavy atom. The van der Waals surface area contributed by atoms with Crippen LogP contribution in [0, 0.1) is 0 Å². The van der Waals surface area contributed by atoms with Gasteiger partial charge in [-0.15, -0.1) is 0 Å². The minimum Gasteiger partial charge on any atom is -0.480 e. The summed E-state index contributed by atoms with van der Waals surface area (Å²) in [4.78, 5) is 58.5. The number of carbonyl (C=O) groups excluding carboxylic acids is 1. The summed E-state index contributed by atoms with van der Waals surface area (Å²) in [6.45, 7) is -1.10. The standard InChI is InChI=1S/C16H25N3O9/c1-9(20)17-10-2-3-11(18(5-13(21)22)6-14(23)24)12(4-10)19(7-15(25)26)8-16(27)28/h10-12H,2-8H2,1H3,(H,17,20)(H,21,22)(H,23,24)(H,25,26)(H,27,28)/t10-,11+,12+/m1/s1. The molecular weight excluding hydrogens is 378 g/mol. The molecule has 1 rings (SSSR count). The van der Waals surface area contributed by atoms with Crippen LogP contribution >= 0.6 is 0 Å². The van der Waals surface area contributed by atoms with Crippen molar-refractivity contribution in [3.8, 4) is 0 Å². The average molecular weight is 403 g/mol. The Hall–Kier alpha value is -2.73. The lowest BCUT2D eigenvalue weighted by atomic mass is 9.84. The third kappa shape index (κ3) is 7.88. The van der Waals surface area contributed by atoms with Gasteiger partial charge in [0.05, 0.1) is 26.2 Å². The van der Waals surface area contributed by atoms with Gasteiger partial charge in [0.15, 0.2) is 0 Å². The van der Waals surface area contributed by atoms with Crippen molar-refractivity contribution in [1.82, 2.24) is 15.1 Å². The van der Waals surface area contributed by atoms with Gasteiger partial charge in [-0.25, -0.2) is 0 Å². The highest BCUT2D eigenvalue weighted by atomic mass is 16.4. The van der Waals surface area contributed by atoms with Gasteiger partial charge in [0.1, 0.15) is 0 Å². The predicted octanol–water partition coefficient (Wildman–Crippen LogP) is -1.65. The van der Waals surface area contributed by atoms with Crippen LogP contribution in [0.2, 0.25) is 0 Å². The van der Waals surface area contributed by atoms with Gasteiger partial charge >= 0.3 is 23.9 Å². The van der Waals surface area contributed by atoms with Gasteiger partial charge in [-0.2, -0.15) is 0 Å². The summed E-state index contributed by atoms with van der Waals surface area (Å²) in [6.07, 6.45) is 0.858. The second-order valence-electron chi connectivity index (χ2n) is 6.73. The van der Waals surface area contributed by atoms with Crippen LogP contribution in [0.4, 0.5) is 0 Å².